The minimum atomic E-state index is 0.286. The molecule has 0 amide bonds. The van der Waals surface area contributed by atoms with Gasteiger partial charge < -0.3 is 0 Å². The fourth-order valence-corrected chi connectivity index (χ4v) is 3.55. The van der Waals surface area contributed by atoms with Gasteiger partial charge in [-0.25, -0.2) is 0 Å². The molecule has 0 spiro atoms. The van der Waals surface area contributed by atoms with E-state index in [1.165, 1.54) is 41.6 Å². The highest BCUT2D eigenvalue weighted by molar-refractivity contribution is 5.72. The lowest BCUT2D eigenvalue weighted by atomic mass is 9.72. The molecule has 0 N–H and O–H groups in total. The molecule has 0 aliphatic heterocycles. The maximum absolute atomic E-state index is 10.6. The van der Waals surface area contributed by atoms with E-state index in [1.807, 2.05) is 43.4 Å². The van der Waals surface area contributed by atoms with E-state index in [9.17, 15) is 4.79 Å². The minimum absolute atomic E-state index is 0.286. The van der Waals surface area contributed by atoms with Crippen LogP contribution in [0.25, 0.3) is 0 Å². The van der Waals surface area contributed by atoms with Crippen molar-refractivity contribution in [2.75, 3.05) is 0 Å². The molecule has 31 heavy (non-hydrogen) atoms. The number of aldehydes is 1. The molecule has 0 atom stereocenters. The van der Waals surface area contributed by atoms with Crippen LogP contribution in [0, 0.1) is 5.41 Å². The lowest BCUT2D eigenvalue weighted by molar-refractivity contribution is -0.104. The topological polar surface area (TPSA) is 17.1 Å². The molecule has 0 radical (unpaired) electrons. The summed E-state index contributed by atoms with van der Waals surface area (Å²) in [6.45, 7) is 15.1. The molecule has 0 saturated carbocycles. The van der Waals surface area contributed by atoms with Gasteiger partial charge in [-0.15, -0.1) is 0 Å². The summed E-state index contributed by atoms with van der Waals surface area (Å²) in [5.74, 6) is 0. The van der Waals surface area contributed by atoms with Crippen molar-refractivity contribution in [1.82, 2.24) is 0 Å². The predicted octanol–water partition coefficient (Wildman–Crippen LogP) is 8.72. The van der Waals surface area contributed by atoms with Crippen molar-refractivity contribution in [2.24, 2.45) is 5.41 Å². The molecule has 1 rings (SSSR count). The van der Waals surface area contributed by atoms with Crippen LogP contribution < -0.4 is 0 Å². The van der Waals surface area contributed by atoms with Gasteiger partial charge in [-0.05, 0) is 70.4 Å². The van der Waals surface area contributed by atoms with Gasteiger partial charge in [0.25, 0.3) is 0 Å². The van der Waals surface area contributed by atoms with E-state index in [0.717, 1.165) is 17.4 Å². The van der Waals surface area contributed by atoms with Gasteiger partial charge >= 0.3 is 0 Å². The summed E-state index contributed by atoms with van der Waals surface area (Å²) in [4.78, 5) is 10.6. The largest absolute Gasteiger partial charge is 0.298 e. The summed E-state index contributed by atoms with van der Waals surface area (Å²) in [6.07, 6.45) is 29.5. The summed E-state index contributed by atoms with van der Waals surface area (Å²) < 4.78 is 0. The summed E-state index contributed by atoms with van der Waals surface area (Å²) in [5.41, 5.74) is 7.62. The van der Waals surface area contributed by atoms with Crippen molar-refractivity contribution < 1.29 is 4.79 Å². The van der Waals surface area contributed by atoms with Gasteiger partial charge in [0, 0.05) is 0 Å². The summed E-state index contributed by atoms with van der Waals surface area (Å²) in [6, 6.07) is 0. The zero-order valence-electron chi connectivity index (χ0n) is 20.5. The molecule has 1 aliphatic carbocycles. The third-order valence-electron chi connectivity index (χ3n) is 5.51. The Morgan fingerprint density at radius 3 is 1.74 bits per heavy atom. The van der Waals surface area contributed by atoms with Crippen LogP contribution in [0.15, 0.2) is 106 Å². The Morgan fingerprint density at radius 2 is 1.23 bits per heavy atom. The fourth-order valence-electron chi connectivity index (χ4n) is 3.55. The Hall–Kier alpha value is -2.67. The van der Waals surface area contributed by atoms with Crippen molar-refractivity contribution in [3.05, 3.63) is 106 Å². The Labute approximate surface area is 190 Å². The molecule has 0 aromatic heterocycles. The van der Waals surface area contributed by atoms with Crippen LogP contribution in [0.3, 0.4) is 0 Å². The highest BCUT2D eigenvalue weighted by Crippen LogP contribution is 2.40. The second-order valence-corrected chi connectivity index (χ2v) is 9.13. The first-order chi connectivity index (χ1) is 14.7. The number of rotatable bonds is 9. The zero-order chi connectivity index (χ0) is 23.3. The van der Waals surface area contributed by atoms with Gasteiger partial charge in [0.05, 0.1) is 0 Å². The molecule has 0 saturated heterocycles. The number of carbonyl (C=O) groups is 1. The van der Waals surface area contributed by atoms with Gasteiger partial charge in [-0.3, -0.25) is 4.79 Å². The standard InChI is InChI=1S/C30H40O/c1-24(13-8-9-14-25(2)16-11-18-27(4)23-31)15-10-17-26(3)20-21-29-28(5)19-12-22-30(29,6)7/h8-11,13-18,20-21,23H,12,19,22H2,1-7H3/b9-8-,15-10-,16-11-,21-20+,24-13-,25-14+,26-17-,27-18+. The quantitative estimate of drug-likeness (QED) is 0.209. The van der Waals surface area contributed by atoms with Crippen molar-refractivity contribution in [2.45, 2.75) is 67.7 Å². The monoisotopic (exact) mass is 416 g/mol. The van der Waals surface area contributed by atoms with Crippen molar-refractivity contribution in [1.29, 1.82) is 0 Å². The molecule has 0 aromatic rings. The van der Waals surface area contributed by atoms with E-state index in [2.05, 4.69) is 71.1 Å². The molecule has 0 bridgehead atoms. The van der Waals surface area contributed by atoms with Crippen molar-refractivity contribution in [3.8, 4) is 0 Å². The van der Waals surface area contributed by atoms with Crippen LogP contribution in [0.4, 0.5) is 0 Å². The second kappa shape index (κ2) is 13.6. The van der Waals surface area contributed by atoms with E-state index < -0.39 is 0 Å². The molecule has 0 heterocycles. The van der Waals surface area contributed by atoms with Gasteiger partial charge in [-0.2, -0.15) is 0 Å². The summed E-state index contributed by atoms with van der Waals surface area (Å²) in [7, 11) is 0. The zero-order valence-corrected chi connectivity index (χ0v) is 20.5. The first kappa shape index (κ1) is 26.4. The SMILES string of the molecule is CC1=C(/C=C/C(C)=C\C=C/C(C)=C\C=C/C=C(C)/C=C\C=C(/C)C=O)C(C)(C)CCC1. The van der Waals surface area contributed by atoms with E-state index in [0.29, 0.717) is 0 Å². The van der Waals surface area contributed by atoms with Crippen LogP contribution >= 0.6 is 0 Å². The number of hydrogen-bond acceptors (Lipinski definition) is 1. The third-order valence-corrected chi connectivity index (χ3v) is 5.51. The Morgan fingerprint density at radius 1 is 0.742 bits per heavy atom. The van der Waals surface area contributed by atoms with Crippen molar-refractivity contribution >= 4 is 6.29 Å². The Kier molecular flexibility index (Phi) is 11.6. The second-order valence-electron chi connectivity index (χ2n) is 9.13. The predicted molar refractivity (Wildman–Crippen MR) is 138 cm³/mol. The maximum Gasteiger partial charge on any atom is 0.145 e. The number of carbonyl (C=O) groups excluding carboxylic acids is 1. The number of allylic oxidation sites excluding steroid dienone is 18. The van der Waals surface area contributed by atoms with Crippen LogP contribution in [-0.4, -0.2) is 6.29 Å². The third kappa shape index (κ3) is 10.8. The van der Waals surface area contributed by atoms with Gasteiger partial charge in [0.1, 0.15) is 6.29 Å². The summed E-state index contributed by atoms with van der Waals surface area (Å²) in [5, 5.41) is 0. The van der Waals surface area contributed by atoms with Gasteiger partial charge in [0.15, 0.2) is 0 Å². The van der Waals surface area contributed by atoms with Crippen LogP contribution in [0.1, 0.15) is 67.7 Å². The molecular weight excluding hydrogens is 376 g/mol. The Balaban J connectivity index is 2.65. The van der Waals surface area contributed by atoms with E-state index in [1.54, 1.807) is 6.92 Å². The summed E-state index contributed by atoms with van der Waals surface area (Å²) >= 11 is 0. The molecule has 0 unspecified atom stereocenters. The minimum Gasteiger partial charge on any atom is -0.298 e. The molecule has 0 fully saturated rings. The van der Waals surface area contributed by atoms with Crippen LogP contribution in [-0.2, 0) is 4.79 Å². The lowest BCUT2D eigenvalue weighted by Crippen LogP contribution is -2.19. The fraction of sp³-hybridized carbons (Fsp3) is 0.367. The van der Waals surface area contributed by atoms with Crippen molar-refractivity contribution in [3.63, 3.8) is 0 Å². The normalized spacial score (nSPS) is 19.6. The highest BCUT2D eigenvalue weighted by Gasteiger charge is 2.26. The van der Waals surface area contributed by atoms with E-state index in [4.69, 9.17) is 0 Å². The molecule has 1 heteroatoms. The average molecular weight is 417 g/mol. The van der Waals surface area contributed by atoms with Crippen LogP contribution in [0.5, 0.6) is 0 Å². The van der Waals surface area contributed by atoms with E-state index in [-0.39, 0.29) is 5.41 Å². The molecule has 1 nitrogen and oxygen atoms in total. The lowest BCUT2D eigenvalue weighted by Gasteiger charge is -2.32. The average Bonchev–Trinajstić information content (AvgIpc) is 2.70. The first-order valence-electron chi connectivity index (χ1n) is 11.2. The molecule has 0 aromatic carbocycles. The first-order valence-corrected chi connectivity index (χ1v) is 11.2. The van der Waals surface area contributed by atoms with E-state index >= 15 is 0 Å². The van der Waals surface area contributed by atoms with Gasteiger partial charge in [0.2, 0.25) is 0 Å². The molecule has 166 valence electrons. The molecular formula is C30H40O. The highest BCUT2D eigenvalue weighted by atomic mass is 16.1. The number of hydrogen-bond donors (Lipinski definition) is 0. The molecule has 1 aliphatic rings. The Bertz CT molecular complexity index is 887. The van der Waals surface area contributed by atoms with Crippen LogP contribution in [0.2, 0.25) is 0 Å². The maximum atomic E-state index is 10.6. The smallest absolute Gasteiger partial charge is 0.145 e. The van der Waals surface area contributed by atoms with Gasteiger partial charge in [-0.1, -0.05) is 109 Å².